The molecule has 2 aliphatic rings. The summed E-state index contributed by atoms with van der Waals surface area (Å²) >= 11 is 1.74. The number of thiazole rings is 1. The molecule has 1 aromatic carbocycles. The Bertz CT molecular complexity index is 976. The number of nitrogens with zero attached hydrogens (tertiary/aromatic N) is 4. The molecule has 1 saturated carbocycles. The molecule has 1 N–H and O–H groups in total. The molecule has 1 spiro atoms. The maximum atomic E-state index is 12.6. The zero-order valence-electron chi connectivity index (χ0n) is 17.0. The number of likely N-dealkylation sites (tertiary alicyclic amines) is 1. The fourth-order valence-electron chi connectivity index (χ4n) is 4.59. The summed E-state index contributed by atoms with van der Waals surface area (Å²) < 4.78 is 1.99. The van der Waals surface area contributed by atoms with Gasteiger partial charge < -0.3 is 9.88 Å². The number of amides is 1. The smallest absolute Gasteiger partial charge is 0.223 e. The van der Waals surface area contributed by atoms with Crippen LogP contribution in [0, 0.1) is 11.3 Å². The van der Waals surface area contributed by atoms with E-state index >= 15 is 0 Å². The second-order valence-electron chi connectivity index (χ2n) is 8.48. The molecular weight excluding hydrogens is 394 g/mol. The van der Waals surface area contributed by atoms with Gasteiger partial charge in [-0.3, -0.25) is 9.69 Å². The summed E-state index contributed by atoms with van der Waals surface area (Å²) in [5.41, 5.74) is 2.49. The maximum absolute atomic E-state index is 12.6. The molecule has 2 fully saturated rings. The summed E-state index contributed by atoms with van der Waals surface area (Å²) in [5.74, 6) is 0.433. The first-order valence-electron chi connectivity index (χ1n) is 10.7. The number of nitrogens with one attached hydrogen (secondary N) is 1. The third-order valence-electron chi connectivity index (χ3n) is 6.57. The highest BCUT2D eigenvalue weighted by molar-refractivity contribution is 7.09. The summed E-state index contributed by atoms with van der Waals surface area (Å²) in [6, 6.07) is 10.4. The highest BCUT2D eigenvalue weighted by Crippen LogP contribution is 2.59. The number of carbonyl (C=O) groups is 1. The van der Waals surface area contributed by atoms with Gasteiger partial charge in [-0.25, -0.2) is 9.97 Å². The van der Waals surface area contributed by atoms with Crippen molar-refractivity contribution in [2.75, 3.05) is 19.6 Å². The number of hydrogen-bond donors (Lipinski definition) is 1. The van der Waals surface area contributed by atoms with Crippen LogP contribution in [0.2, 0.25) is 0 Å². The van der Waals surface area contributed by atoms with Gasteiger partial charge in [-0.05, 0) is 37.8 Å². The standard InChI is InChI=1S/C23H27N5OS/c29-22(25-9-13-28-12-8-24-17-28)19-14-23(19)6-10-27(11-7-23)15-21-26-20(16-30-21)18-4-2-1-3-5-18/h1-5,8,12,16-17,19H,6-7,9-11,13-15H2,(H,25,29). The minimum atomic E-state index is 0.201. The molecule has 7 heteroatoms. The van der Waals surface area contributed by atoms with E-state index in [-0.39, 0.29) is 17.2 Å². The summed E-state index contributed by atoms with van der Waals surface area (Å²) in [6.07, 6.45) is 8.75. The van der Waals surface area contributed by atoms with Gasteiger partial charge in [0.05, 0.1) is 18.6 Å². The van der Waals surface area contributed by atoms with E-state index in [2.05, 4.69) is 44.8 Å². The van der Waals surface area contributed by atoms with Crippen molar-refractivity contribution >= 4 is 17.2 Å². The van der Waals surface area contributed by atoms with Gasteiger partial charge in [-0.1, -0.05) is 30.3 Å². The summed E-state index contributed by atoms with van der Waals surface area (Å²) in [7, 11) is 0. The van der Waals surface area contributed by atoms with Crippen molar-refractivity contribution < 1.29 is 4.79 Å². The zero-order valence-corrected chi connectivity index (χ0v) is 17.9. The van der Waals surface area contributed by atoms with E-state index in [1.807, 2.05) is 16.8 Å². The lowest BCUT2D eigenvalue weighted by Gasteiger charge is -2.32. The SMILES string of the molecule is O=C(NCCn1ccnc1)C1CC12CCN(Cc1nc(-c3ccccc3)cs1)CC2. The minimum absolute atomic E-state index is 0.201. The third kappa shape index (κ3) is 4.18. The van der Waals surface area contributed by atoms with Crippen LogP contribution in [0.25, 0.3) is 11.3 Å². The molecule has 1 atom stereocenters. The van der Waals surface area contributed by atoms with Crippen molar-refractivity contribution in [3.8, 4) is 11.3 Å². The van der Waals surface area contributed by atoms with E-state index in [4.69, 9.17) is 4.98 Å². The second kappa shape index (κ2) is 8.32. The topological polar surface area (TPSA) is 63.1 Å². The van der Waals surface area contributed by atoms with Crippen molar-refractivity contribution in [3.63, 3.8) is 0 Å². The van der Waals surface area contributed by atoms with E-state index in [1.165, 1.54) is 10.6 Å². The maximum Gasteiger partial charge on any atom is 0.223 e. The van der Waals surface area contributed by atoms with Gasteiger partial charge >= 0.3 is 0 Å². The van der Waals surface area contributed by atoms with E-state index in [0.717, 1.165) is 51.1 Å². The molecule has 0 bridgehead atoms. The molecule has 6 nitrogen and oxygen atoms in total. The molecular formula is C23H27N5OS. The molecule has 3 aromatic rings. The normalized spacial score (nSPS) is 20.3. The van der Waals surface area contributed by atoms with Gasteiger partial charge in [0.25, 0.3) is 0 Å². The fraction of sp³-hybridized carbons (Fsp3) is 0.435. The number of imidazole rings is 1. The molecule has 2 aromatic heterocycles. The highest BCUT2D eigenvalue weighted by Gasteiger charge is 2.58. The highest BCUT2D eigenvalue weighted by atomic mass is 32.1. The van der Waals surface area contributed by atoms with Gasteiger partial charge in [0.2, 0.25) is 5.91 Å². The van der Waals surface area contributed by atoms with Crippen LogP contribution in [0.4, 0.5) is 0 Å². The largest absolute Gasteiger partial charge is 0.354 e. The molecule has 1 unspecified atom stereocenters. The van der Waals surface area contributed by atoms with Gasteiger partial charge in [-0.15, -0.1) is 11.3 Å². The van der Waals surface area contributed by atoms with Crippen molar-refractivity contribution in [2.24, 2.45) is 11.3 Å². The molecule has 156 valence electrons. The molecule has 1 amide bonds. The van der Waals surface area contributed by atoms with Crippen LogP contribution in [0.5, 0.6) is 0 Å². The van der Waals surface area contributed by atoms with Crippen LogP contribution in [-0.2, 0) is 17.9 Å². The van der Waals surface area contributed by atoms with Crippen molar-refractivity contribution in [2.45, 2.75) is 32.4 Å². The Morgan fingerprint density at radius 1 is 1.23 bits per heavy atom. The van der Waals surface area contributed by atoms with Crippen LogP contribution >= 0.6 is 11.3 Å². The quantitative estimate of drug-likeness (QED) is 0.635. The van der Waals surface area contributed by atoms with Crippen molar-refractivity contribution in [1.29, 1.82) is 0 Å². The average Bonchev–Trinajstić information content (AvgIpc) is 3.13. The third-order valence-corrected chi connectivity index (χ3v) is 7.40. The second-order valence-corrected chi connectivity index (χ2v) is 9.42. The van der Waals surface area contributed by atoms with E-state index in [9.17, 15) is 4.79 Å². The van der Waals surface area contributed by atoms with Crippen molar-refractivity contribution in [3.05, 3.63) is 59.4 Å². The van der Waals surface area contributed by atoms with Crippen LogP contribution < -0.4 is 5.32 Å². The van der Waals surface area contributed by atoms with Crippen LogP contribution in [-0.4, -0.2) is 45.0 Å². The van der Waals surface area contributed by atoms with Gasteiger partial charge in [0.1, 0.15) is 5.01 Å². The lowest BCUT2D eigenvalue weighted by Crippen LogP contribution is -2.37. The molecule has 0 radical (unpaired) electrons. The monoisotopic (exact) mass is 421 g/mol. The zero-order chi connectivity index (χ0) is 20.4. The van der Waals surface area contributed by atoms with E-state index in [0.29, 0.717) is 6.54 Å². The lowest BCUT2D eigenvalue weighted by atomic mass is 9.90. The summed E-state index contributed by atoms with van der Waals surface area (Å²) in [6.45, 7) is 4.47. The number of piperidine rings is 1. The Labute approximate surface area is 181 Å². The number of hydrogen-bond acceptors (Lipinski definition) is 5. The number of rotatable bonds is 7. The summed E-state index contributed by atoms with van der Waals surface area (Å²) in [4.78, 5) is 23.9. The molecule has 1 aliphatic heterocycles. The molecule has 1 aliphatic carbocycles. The van der Waals surface area contributed by atoms with Gasteiger partial charge in [0, 0.05) is 42.3 Å². The number of aromatic nitrogens is 3. The first-order chi connectivity index (χ1) is 14.7. The average molecular weight is 422 g/mol. The summed E-state index contributed by atoms with van der Waals surface area (Å²) in [5, 5.41) is 6.44. The Hall–Kier alpha value is -2.51. The van der Waals surface area contributed by atoms with E-state index in [1.54, 1.807) is 23.9 Å². The fourth-order valence-corrected chi connectivity index (χ4v) is 5.44. The van der Waals surface area contributed by atoms with Gasteiger partial charge in [-0.2, -0.15) is 0 Å². The van der Waals surface area contributed by atoms with Crippen LogP contribution in [0.1, 0.15) is 24.3 Å². The van der Waals surface area contributed by atoms with Crippen LogP contribution in [0.3, 0.4) is 0 Å². The lowest BCUT2D eigenvalue weighted by molar-refractivity contribution is -0.123. The van der Waals surface area contributed by atoms with Gasteiger partial charge in [0.15, 0.2) is 0 Å². The van der Waals surface area contributed by atoms with E-state index < -0.39 is 0 Å². The Morgan fingerprint density at radius 3 is 2.83 bits per heavy atom. The molecule has 3 heterocycles. The Kier molecular flexibility index (Phi) is 5.39. The predicted octanol–water partition coefficient (Wildman–Crippen LogP) is 3.43. The predicted molar refractivity (Wildman–Crippen MR) is 118 cm³/mol. The first kappa shape index (κ1) is 19.5. The molecule has 30 heavy (non-hydrogen) atoms. The Balaban J connectivity index is 1.08. The Morgan fingerprint density at radius 2 is 2.07 bits per heavy atom. The number of carbonyl (C=O) groups excluding carboxylic acids is 1. The molecule has 1 saturated heterocycles. The van der Waals surface area contributed by atoms with Crippen molar-refractivity contribution in [1.82, 2.24) is 24.8 Å². The van der Waals surface area contributed by atoms with Crippen LogP contribution in [0.15, 0.2) is 54.4 Å². The number of benzene rings is 1. The minimum Gasteiger partial charge on any atom is -0.354 e. The molecule has 5 rings (SSSR count). The first-order valence-corrected chi connectivity index (χ1v) is 11.6.